The second-order valence-electron chi connectivity index (χ2n) is 4.83. The molecule has 5 nitrogen and oxygen atoms in total. The Morgan fingerprint density at radius 1 is 1.14 bits per heavy atom. The number of aromatic nitrogens is 1. The van der Waals surface area contributed by atoms with Gasteiger partial charge in [0.1, 0.15) is 6.61 Å². The van der Waals surface area contributed by atoms with Crippen molar-refractivity contribution in [3.8, 4) is 0 Å². The molecule has 2 aromatic rings. The van der Waals surface area contributed by atoms with E-state index in [1.807, 2.05) is 24.3 Å². The molecule has 0 fully saturated rings. The van der Waals surface area contributed by atoms with E-state index in [2.05, 4.69) is 10.3 Å². The molecule has 1 heterocycles. The topological polar surface area (TPSA) is 68.3 Å². The third-order valence-electron chi connectivity index (χ3n) is 3.05. The van der Waals surface area contributed by atoms with Gasteiger partial charge in [-0.2, -0.15) is 0 Å². The highest BCUT2D eigenvalue weighted by Crippen LogP contribution is 2.08. The first kappa shape index (κ1) is 15.7. The first-order chi connectivity index (χ1) is 10.6. The molecule has 22 heavy (non-hydrogen) atoms. The number of nitrogens with one attached hydrogen (secondary N) is 1. The summed E-state index contributed by atoms with van der Waals surface area (Å²) < 4.78 is 5.21. The van der Waals surface area contributed by atoms with Crippen LogP contribution in [0.5, 0.6) is 0 Å². The molecule has 5 heteroatoms. The molecule has 0 aliphatic carbocycles. The van der Waals surface area contributed by atoms with Gasteiger partial charge in [-0.25, -0.2) is 4.79 Å². The third kappa shape index (κ3) is 5.01. The van der Waals surface area contributed by atoms with Gasteiger partial charge in [0.05, 0.1) is 11.3 Å². The van der Waals surface area contributed by atoms with Crippen molar-refractivity contribution in [1.29, 1.82) is 0 Å². The number of pyridine rings is 1. The Bertz CT molecular complexity index is 624. The van der Waals surface area contributed by atoms with Gasteiger partial charge in [-0.05, 0) is 36.2 Å². The van der Waals surface area contributed by atoms with Crippen molar-refractivity contribution in [3.63, 3.8) is 0 Å². The van der Waals surface area contributed by atoms with Gasteiger partial charge < -0.3 is 10.1 Å². The first-order valence-corrected chi connectivity index (χ1v) is 7.05. The summed E-state index contributed by atoms with van der Waals surface area (Å²) in [5.41, 5.74) is 2.26. The number of rotatable bonds is 6. The smallest absolute Gasteiger partial charge is 0.338 e. The predicted molar refractivity (Wildman–Crippen MR) is 82.2 cm³/mol. The molecular weight excluding hydrogens is 280 g/mol. The molecule has 0 radical (unpaired) electrons. The van der Waals surface area contributed by atoms with Gasteiger partial charge in [0.15, 0.2) is 0 Å². The fourth-order valence-corrected chi connectivity index (χ4v) is 1.90. The van der Waals surface area contributed by atoms with Crippen molar-refractivity contribution in [2.45, 2.75) is 20.0 Å². The van der Waals surface area contributed by atoms with Crippen molar-refractivity contribution in [3.05, 3.63) is 65.5 Å². The van der Waals surface area contributed by atoms with E-state index in [-0.39, 0.29) is 18.5 Å². The molecule has 1 N–H and O–H groups in total. The van der Waals surface area contributed by atoms with Gasteiger partial charge in [-0.1, -0.05) is 18.2 Å². The number of hydrogen-bond acceptors (Lipinski definition) is 4. The second kappa shape index (κ2) is 7.93. The van der Waals surface area contributed by atoms with Crippen LogP contribution in [0.15, 0.2) is 48.7 Å². The fourth-order valence-electron chi connectivity index (χ4n) is 1.90. The lowest BCUT2D eigenvalue weighted by atomic mass is 10.1. The molecule has 0 saturated carbocycles. The summed E-state index contributed by atoms with van der Waals surface area (Å²) in [6.07, 6.45) is 2.38. The number of carbonyl (C=O) groups excluding carboxylic acids is 2. The number of benzene rings is 1. The molecule has 0 atom stereocenters. The lowest BCUT2D eigenvalue weighted by Crippen LogP contribution is -2.22. The number of hydrogen-bond donors (Lipinski definition) is 1. The summed E-state index contributed by atoms with van der Waals surface area (Å²) in [5.74, 6) is -0.422. The Morgan fingerprint density at radius 3 is 2.55 bits per heavy atom. The van der Waals surface area contributed by atoms with Gasteiger partial charge >= 0.3 is 5.97 Å². The van der Waals surface area contributed by atoms with Crippen LogP contribution in [0.4, 0.5) is 0 Å². The number of esters is 1. The maximum absolute atomic E-state index is 11.9. The highest BCUT2D eigenvalue weighted by Gasteiger charge is 2.07. The first-order valence-electron chi connectivity index (χ1n) is 7.05. The summed E-state index contributed by atoms with van der Waals surface area (Å²) in [6.45, 7) is 2.23. The Kier molecular flexibility index (Phi) is 5.65. The van der Waals surface area contributed by atoms with E-state index in [9.17, 15) is 9.59 Å². The number of carbonyl (C=O) groups is 2. The molecule has 1 amide bonds. The summed E-state index contributed by atoms with van der Waals surface area (Å²) >= 11 is 0. The summed E-state index contributed by atoms with van der Waals surface area (Å²) in [7, 11) is 0. The van der Waals surface area contributed by atoms with Crippen LogP contribution in [0.1, 0.15) is 28.5 Å². The van der Waals surface area contributed by atoms with E-state index in [0.29, 0.717) is 17.8 Å². The average Bonchev–Trinajstić information content (AvgIpc) is 2.54. The monoisotopic (exact) mass is 298 g/mol. The summed E-state index contributed by atoms with van der Waals surface area (Å²) in [4.78, 5) is 26.8. The van der Waals surface area contributed by atoms with Crippen molar-refractivity contribution >= 4 is 11.9 Å². The zero-order valence-electron chi connectivity index (χ0n) is 12.4. The van der Waals surface area contributed by atoms with E-state index in [0.717, 1.165) is 12.0 Å². The molecule has 0 bridgehead atoms. The Hall–Kier alpha value is -2.69. The number of amides is 1. The molecule has 2 rings (SSSR count). The van der Waals surface area contributed by atoms with Gasteiger partial charge in [0.2, 0.25) is 5.91 Å². The highest BCUT2D eigenvalue weighted by atomic mass is 16.5. The minimum Gasteiger partial charge on any atom is -0.456 e. The quantitative estimate of drug-likeness (QED) is 0.829. The van der Waals surface area contributed by atoms with Crippen molar-refractivity contribution in [2.75, 3.05) is 6.54 Å². The van der Waals surface area contributed by atoms with Crippen LogP contribution < -0.4 is 5.32 Å². The van der Waals surface area contributed by atoms with E-state index >= 15 is 0 Å². The lowest BCUT2D eigenvalue weighted by Gasteiger charge is -2.06. The van der Waals surface area contributed by atoms with E-state index in [1.165, 1.54) is 6.92 Å². The van der Waals surface area contributed by atoms with Crippen LogP contribution in [-0.4, -0.2) is 23.4 Å². The minimum atomic E-state index is -0.376. The molecule has 0 unspecified atom stereocenters. The van der Waals surface area contributed by atoms with Crippen LogP contribution in [0.2, 0.25) is 0 Å². The van der Waals surface area contributed by atoms with Crippen molar-refractivity contribution in [2.24, 2.45) is 0 Å². The summed E-state index contributed by atoms with van der Waals surface area (Å²) in [6, 6.07) is 12.6. The van der Waals surface area contributed by atoms with Crippen LogP contribution in [-0.2, 0) is 22.6 Å². The van der Waals surface area contributed by atoms with Gasteiger partial charge in [0, 0.05) is 19.7 Å². The van der Waals surface area contributed by atoms with Gasteiger partial charge in [-0.3, -0.25) is 9.78 Å². The molecule has 1 aromatic carbocycles. The zero-order chi connectivity index (χ0) is 15.8. The zero-order valence-corrected chi connectivity index (χ0v) is 12.4. The Labute approximate surface area is 129 Å². The Morgan fingerprint density at radius 2 is 1.91 bits per heavy atom. The highest BCUT2D eigenvalue weighted by molar-refractivity contribution is 5.89. The standard InChI is InChI=1S/C17H18N2O3/c1-13(20)18-11-9-14-5-7-15(8-6-14)17(21)22-12-16-4-2-3-10-19-16/h2-8,10H,9,11-12H2,1H3,(H,18,20). The molecule has 0 aliphatic heterocycles. The summed E-state index contributed by atoms with van der Waals surface area (Å²) in [5, 5.41) is 2.73. The fraction of sp³-hybridized carbons (Fsp3) is 0.235. The minimum absolute atomic E-state index is 0.0466. The largest absolute Gasteiger partial charge is 0.456 e. The van der Waals surface area contributed by atoms with Crippen LogP contribution >= 0.6 is 0 Å². The van der Waals surface area contributed by atoms with E-state index in [4.69, 9.17) is 4.74 Å². The average molecular weight is 298 g/mol. The number of nitrogens with zero attached hydrogens (tertiary/aromatic N) is 1. The molecule has 0 spiro atoms. The molecule has 114 valence electrons. The van der Waals surface area contributed by atoms with Crippen molar-refractivity contribution < 1.29 is 14.3 Å². The Balaban J connectivity index is 1.84. The predicted octanol–water partition coefficient (Wildman–Crippen LogP) is 2.12. The van der Waals surface area contributed by atoms with Crippen LogP contribution in [0, 0.1) is 0 Å². The SMILES string of the molecule is CC(=O)NCCc1ccc(C(=O)OCc2ccccn2)cc1. The number of ether oxygens (including phenoxy) is 1. The van der Waals surface area contributed by atoms with Crippen LogP contribution in [0.25, 0.3) is 0 Å². The molecular formula is C17H18N2O3. The van der Waals surface area contributed by atoms with E-state index < -0.39 is 0 Å². The molecule has 1 aromatic heterocycles. The maximum Gasteiger partial charge on any atom is 0.338 e. The third-order valence-corrected chi connectivity index (χ3v) is 3.05. The van der Waals surface area contributed by atoms with Gasteiger partial charge in [0.25, 0.3) is 0 Å². The molecule has 0 saturated heterocycles. The maximum atomic E-state index is 11.9. The van der Waals surface area contributed by atoms with Crippen LogP contribution in [0.3, 0.4) is 0 Å². The lowest BCUT2D eigenvalue weighted by molar-refractivity contribution is -0.118. The second-order valence-corrected chi connectivity index (χ2v) is 4.83. The van der Waals surface area contributed by atoms with Crippen molar-refractivity contribution in [1.82, 2.24) is 10.3 Å². The normalized spacial score (nSPS) is 10.0. The van der Waals surface area contributed by atoms with E-state index in [1.54, 1.807) is 24.4 Å². The van der Waals surface area contributed by atoms with Gasteiger partial charge in [-0.15, -0.1) is 0 Å². The molecule has 0 aliphatic rings.